The molecule has 98 valence electrons. The van der Waals surface area contributed by atoms with Crippen molar-refractivity contribution >= 4 is 11.1 Å². The maximum absolute atomic E-state index is 4.49. The highest BCUT2D eigenvalue weighted by atomic mass is 15.0. The van der Waals surface area contributed by atoms with E-state index in [0.29, 0.717) is 11.6 Å². The topological polar surface area (TPSA) is 38.7 Å². The summed E-state index contributed by atoms with van der Waals surface area (Å²) >= 11 is 0. The van der Waals surface area contributed by atoms with Crippen LogP contribution in [-0.4, -0.2) is 15.0 Å². The maximum Gasteiger partial charge on any atom is 0.163 e. The van der Waals surface area contributed by atoms with Gasteiger partial charge < -0.3 is 0 Å². The number of rotatable bonds is 5. The fourth-order valence-corrected chi connectivity index (χ4v) is 1.57. The van der Waals surface area contributed by atoms with Crippen LogP contribution >= 0.6 is 0 Å². The molecule has 3 heteroatoms. The lowest BCUT2D eigenvalue weighted by molar-refractivity contribution is 0.993. The van der Waals surface area contributed by atoms with Crippen molar-refractivity contribution in [1.82, 2.24) is 15.0 Å². The highest BCUT2D eigenvalue weighted by Gasteiger charge is 2.05. The molecule has 0 saturated carbocycles. The minimum absolute atomic E-state index is 0.645. The zero-order valence-electron chi connectivity index (χ0n) is 11.7. The Morgan fingerprint density at radius 1 is 1.00 bits per heavy atom. The molecular weight excluding hydrogens is 234 g/mol. The molecule has 1 aromatic heterocycles. The summed E-state index contributed by atoms with van der Waals surface area (Å²) in [4.78, 5) is 12.9. The van der Waals surface area contributed by atoms with Crippen molar-refractivity contribution in [2.45, 2.75) is 20.8 Å². The van der Waals surface area contributed by atoms with E-state index in [-0.39, 0.29) is 0 Å². The number of aromatic nitrogens is 3. The molecule has 0 bridgehead atoms. The van der Waals surface area contributed by atoms with E-state index < -0.39 is 0 Å². The van der Waals surface area contributed by atoms with Crippen LogP contribution in [0.3, 0.4) is 0 Å². The van der Waals surface area contributed by atoms with Gasteiger partial charge in [-0.15, -0.1) is 0 Å². The number of nitrogens with zero attached hydrogens (tertiary/aromatic N) is 3. The van der Waals surface area contributed by atoms with E-state index in [1.807, 2.05) is 57.2 Å². The van der Waals surface area contributed by atoms with Gasteiger partial charge >= 0.3 is 0 Å². The number of hydrogen-bond donors (Lipinski definition) is 0. The molecule has 0 radical (unpaired) electrons. The molecule has 3 nitrogen and oxygen atoms in total. The molecule has 0 fully saturated rings. The first-order valence-corrected chi connectivity index (χ1v) is 6.21. The fraction of sp³-hybridized carbons (Fsp3) is 0.188. The summed E-state index contributed by atoms with van der Waals surface area (Å²) in [6.45, 7) is 9.59. The predicted octanol–water partition coefficient (Wildman–Crippen LogP) is 4.00. The molecule has 0 aliphatic carbocycles. The zero-order valence-corrected chi connectivity index (χ0v) is 11.7. The van der Waals surface area contributed by atoms with Gasteiger partial charge in [0.15, 0.2) is 11.6 Å². The summed E-state index contributed by atoms with van der Waals surface area (Å²) in [6, 6.07) is 0. The smallest absolute Gasteiger partial charge is 0.163 e. The fourth-order valence-electron chi connectivity index (χ4n) is 1.57. The first-order chi connectivity index (χ1) is 9.26. The Kier molecular flexibility index (Phi) is 6.16. The third kappa shape index (κ3) is 4.14. The third-order valence-electron chi connectivity index (χ3n) is 2.39. The highest BCUT2D eigenvalue weighted by molar-refractivity contribution is 5.73. The van der Waals surface area contributed by atoms with E-state index in [4.69, 9.17) is 0 Å². The van der Waals surface area contributed by atoms with Crippen LogP contribution in [0.25, 0.3) is 11.1 Å². The van der Waals surface area contributed by atoms with Crippen LogP contribution in [-0.2, 0) is 0 Å². The molecule has 0 amide bonds. The molecule has 19 heavy (non-hydrogen) atoms. The molecule has 0 spiro atoms. The van der Waals surface area contributed by atoms with Crippen LogP contribution in [0.2, 0.25) is 0 Å². The Morgan fingerprint density at radius 3 is 2.11 bits per heavy atom. The molecule has 1 rings (SSSR count). The van der Waals surface area contributed by atoms with E-state index in [1.165, 1.54) is 6.33 Å². The summed E-state index contributed by atoms with van der Waals surface area (Å²) < 4.78 is 0. The molecule has 0 aliphatic heterocycles. The van der Waals surface area contributed by atoms with Crippen LogP contribution in [0, 0.1) is 0 Å². The lowest BCUT2D eigenvalue weighted by atomic mass is 10.2. The summed E-state index contributed by atoms with van der Waals surface area (Å²) in [7, 11) is 0. The Morgan fingerprint density at radius 2 is 1.58 bits per heavy atom. The van der Waals surface area contributed by atoms with E-state index in [2.05, 4.69) is 21.5 Å². The quantitative estimate of drug-likeness (QED) is 0.744. The molecule has 1 heterocycles. The maximum atomic E-state index is 4.49. The van der Waals surface area contributed by atoms with Gasteiger partial charge in [-0.25, -0.2) is 15.0 Å². The van der Waals surface area contributed by atoms with Crippen molar-refractivity contribution < 1.29 is 0 Å². The van der Waals surface area contributed by atoms with Gasteiger partial charge in [0.05, 0.1) is 0 Å². The van der Waals surface area contributed by atoms with Crippen molar-refractivity contribution in [3.05, 3.63) is 67.1 Å². The van der Waals surface area contributed by atoms with Crippen LogP contribution in [0.4, 0.5) is 0 Å². The van der Waals surface area contributed by atoms with Crippen molar-refractivity contribution in [3.63, 3.8) is 0 Å². The summed E-state index contributed by atoms with van der Waals surface area (Å²) in [6.07, 6.45) is 15.0. The lowest BCUT2D eigenvalue weighted by Gasteiger charge is -2.04. The van der Waals surface area contributed by atoms with Crippen LogP contribution in [0.5, 0.6) is 0 Å². The van der Waals surface area contributed by atoms with Gasteiger partial charge in [-0.1, -0.05) is 49.1 Å². The standard InChI is InChI=1S/C16H19N3/c1-5-9-13(8-4)15-17-12-18-16(19-15)14(10-6-2)11-7-3/h5-12H,2H2,1,3-4H3/b9-5-,11-7-,13-8+,14-10+. The van der Waals surface area contributed by atoms with Crippen molar-refractivity contribution in [1.29, 1.82) is 0 Å². The molecule has 0 saturated heterocycles. The highest BCUT2D eigenvalue weighted by Crippen LogP contribution is 2.15. The zero-order chi connectivity index (χ0) is 14.1. The van der Waals surface area contributed by atoms with Crippen LogP contribution < -0.4 is 0 Å². The van der Waals surface area contributed by atoms with Gasteiger partial charge in [-0.2, -0.15) is 0 Å². The summed E-state index contributed by atoms with van der Waals surface area (Å²) in [5, 5.41) is 0. The second-order valence-corrected chi connectivity index (χ2v) is 3.73. The van der Waals surface area contributed by atoms with E-state index in [1.54, 1.807) is 6.08 Å². The molecule has 1 aromatic rings. The second-order valence-electron chi connectivity index (χ2n) is 3.73. The molecule has 0 N–H and O–H groups in total. The van der Waals surface area contributed by atoms with E-state index >= 15 is 0 Å². The molecule has 0 atom stereocenters. The lowest BCUT2D eigenvalue weighted by Crippen LogP contribution is -2.00. The average Bonchev–Trinajstić information content (AvgIpc) is 2.44. The predicted molar refractivity (Wildman–Crippen MR) is 81.3 cm³/mol. The minimum atomic E-state index is 0.645. The first kappa shape index (κ1) is 14.8. The SMILES string of the molecule is C=C/C=C(\C=C/C)c1ncnc(C(/C=C\C)=C/C)n1. The Balaban J connectivity index is 3.26. The van der Waals surface area contributed by atoms with Crippen molar-refractivity contribution in [2.24, 2.45) is 0 Å². The molecule has 0 aliphatic rings. The van der Waals surface area contributed by atoms with Gasteiger partial charge in [0, 0.05) is 11.1 Å². The summed E-state index contributed by atoms with van der Waals surface area (Å²) in [5.74, 6) is 1.32. The largest absolute Gasteiger partial charge is 0.217 e. The molecular formula is C16H19N3. The third-order valence-corrected chi connectivity index (χ3v) is 2.39. The van der Waals surface area contributed by atoms with Gasteiger partial charge in [0.1, 0.15) is 6.33 Å². The number of allylic oxidation sites excluding steroid dienone is 9. The molecule has 0 aromatic carbocycles. The molecule has 0 unspecified atom stereocenters. The second kappa shape index (κ2) is 7.93. The van der Waals surface area contributed by atoms with Crippen molar-refractivity contribution in [2.75, 3.05) is 0 Å². The Hall–Kier alpha value is -2.29. The van der Waals surface area contributed by atoms with Crippen molar-refractivity contribution in [3.8, 4) is 0 Å². The summed E-state index contributed by atoms with van der Waals surface area (Å²) in [5.41, 5.74) is 1.89. The van der Waals surface area contributed by atoms with Gasteiger partial charge in [-0.3, -0.25) is 0 Å². The number of hydrogen-bond acceptors (Lipinski definition) is 3. The van der Waals surface area contributed by atoms with Crippen LogP contribution in [0.1, 0.15) is 32.4 Å². The normalized spacial score (nSPS) is 13.4. The minimum Gasteiger partial charge on any atom is -0.217 e. The first-order valence-electron chi connectivity index (χ1n) is 6.21. The average molecular weight is 253 g/mol. The van der Waals surface area contributed by atoms with Gasteiger partial charge in [-0.05, 0) is 20.8 Å². The van der Waals surface area contributed by atoms with Crippen LogP contribution in [0.15, 0.2) is 55.4 Å². The van der Waals surface area contributed by atoms with E-state index in [9.17, 15) is 0 Å². The Bertz CT molecular complexity index is 549. The van der Waals surface area contributed by atoms with Gasteiger partial charge in [0.25, 0.3) is 0 Å². The van der Waals surface area contributed by atoms with Gasteiger partial charge in [0.2, 0.25) is 0 Å². The van der Waals surface area contributed by atoms with E-state index in [0.717, 1.165) is 11.1 Å². The Labute approximate surface area is 114 Å². The monoisotopic (exact) mass is 253 g/mol.